The number of nitrogens with one attached hydrogen (secondary N) is 1. The van der Waals surface area contributed by atoms with E-state index in [9.17, 15) is 9.59 Å². The molecular weight excluding hydrogens is 248 g/mol. The lowest BCUT2D eigenvalue weighted by molar-refractivity contribution is -0.139. The highest BCUT2D eigenvalue weighted by molar-refractivity contribution is 5.82. The van der Waals surface area contributed by atoms with Gasteiger partial charge in [-0.1, -0.05) is 6.92 Å². The minimum atomic E-state index is -1.01. The van der Waals surface area contributed by atoms with E-state index in [-0.39, 0.29) is 12.1 Å². The highest BCUT2D eigenvalue weighted by Crippen LogP contribution is 2.05. The Hall–Kier alpha value is -1.30. The SMILES string of the molecule is CCC(C)N(CC)C(=O)NC(CCCOC)C(=O)O. The summed E-state index contributed by atoms with van der Waals surface area (Å²) in [7, 11) is 1.57. The molecule has 0 aliphatic carbocycles. The van der Waals surface area contributed by atoms with Gasteiger partial charge in [0.05, 0.1) is 0 Å². The Bertz CT molecular complexity index is 284. The molecule has 6 heteroatoms. The van der Waals surface area contributed by atoms with Gasteiger partial charge in [0.25, 0.3) is 0 Å². The molecule has 0 aromatic rings. The third-order valence-corrected chi connectivity index (χ3v) is 3.16. The van der Waals surface area contributed by atoms with Crippen LogP contribution >= 0.6 is 0 Å². The Morgan fingerprint density at radius 1 is 1.37 bits per heavy atom. The van der Waals surface area contributed by atoms with E-state index in [1.54, 1.807) is 12.0 Å². The van der Waals surface area contributed by atoms with Crippen molar-refractivity contribution in [2.24, 2.45) is 0 Å². The number of hydrogen-bond donors (Lipinski definition) is 2. The number of aliphatic carboxylic acids is 1. The summed E-state index contributed by atoms with van der Waals surface area (Å²) in [4.78, 5) is 24.8. The van der Waals surface area contributed by atoms with Crippen molar-refractivity contribution in [3.05, 3.63) is 0 Å². The fourth-order valence-corrected chi connectivity index (χ4v) is 1.80. The number of carbonyl (C=O) groups excluding carboxylic acids is 1. The Morgan fingerprint density at radius 2 is 2.00 bits per heavy atom. The molecule has 0 aromatic heterocycles. The van der Waals surface area contributed by atoms with Gasteiger partial charge in [0.1, 0.15) is 6.04 Å². The zero-order valence-electron chi connectivity index (χ0n) is 12.3. The number of urea groups is 1. The first kappa shape index (κ1) is 17.7. The molecule has 0 aromatic carbocycles. The van der Waals surface area contributed by atoms with Crippen LogP contribution in [0.25, 0.3) is 0 Å². The Kier molecular flexibility index (Phi) is 8.95. The molecule has 0 rings (SSSR count). The standard InChI is InChI=1S/C13H26N2O4/c1-5-10(3)15(6-2)13(18)14-11(12(16)17)8-7-9-19-4/h10-11H,5-9H2,1-4H3,(H,14,18)(H,16,17). The molecule has 2 atom stereocenters. The molecule has 0 aliphatic heterocycles. The molecule has 112 valence electrons. The fraction of sp³-hybridized carbons (Fsp3) is 0.846. The number of ether oxygens (including phenoxy) is 1. The predicted octanol–water partition coefficient (Wildman–Crippen LogP) is 1.70. The fourth-order valence-electron chi connectivity index (χ4n) is 1.80. The van der Waals surface area contributed by atoms with E-state index in [2.05, 4.69) is 5.32 Å². The molecule has 2 N–H and O–H groups in total. The molecule has 19 heavy (non-hydrogen) atoms. The lowest BCUT2D eigenvalue weighted by Gasteiger charge is -2.28. The summed E-state index contributed by atoms with van der Waals surface area (Å²) in [5.41, 5.74) is 0. The monoisotopic (exact) mass is 274 g/mol. The van der Waals surface area contributed by atoms with Gasteiger partial charge >= 0.3 is 12.0 Å². The Labute approximate surface area is 115 Å². The predicted molar refractivity (Wildman–Crippen MR) is 73.2 cm³/mol. The molecular formula is C13H26N2O4. The van der Waals surface area contributed by atoms with Crippen LogP contribution in [0.4, 0.5) is 4.79 Å². The molecule has 0 bridgehead atoms. The van der Waals surface area contributed by atoms with Gasteiger partial charge in [-0.3, -0.25) is 0 Å². The van der Waals surface area contributed by atoms with Crippen molar-refractivity contribution in [3.63, 3.8) is 0 Å². The van der Waals surface area contributed by atoms with Gasteiger partial charge in [-0.2, -0.15) is 0 Å². The van der Waals surface area contributed by atoms with Crippen molar-refractivity contribution in [2.75, 3.05) is 20.3 Å². The van der Waals surface area contributed by atoms with Crippen LogP contribution in [-0.4, -0.2) is 54.4 Å². The van der Waals surface area contributed by atoms with Crippen molar-refractivity contribution in [3.8, 4) is 0 Å². The largest absolute Gasteiger partial charge is 0.480 e. The number of rotatable bonds is 9. The summed E-state index contributed by atoms with van der Waals surface area (Å²) in [6.45, 7) is 6.87. The summed E-state index contributed by atoms with van der Waals surface area (Å²) >= 11 is 0. The molecule has 0 spiro atoms. The van der Waals surface area contributed by atoms with Crippen LogP contribution in [0.15, 0.2) is 0 Å². The number of amides is 2. The second-order valence-electron chi connectivity index (χ2n) is 4.52. The van der Waals surface area contributed by atoms with E-state index >= 15 is 0 Å². The van der Waals surface area contributed by atoms with Crippen molar-refractivity contribution in [1.29, 1.82) is 0 Å². The number of nitrogens with zero attached hydrogens (tertiary/aromatic N) is 1. The van der Waals surface area contributed by atoms with Crippen LogP contribution in [-0.2, 0) is 9.53 Å². The molecule has 2 unspecified atom stereocenters. The Balaban J connectivity index is 4.47. The number of carboxylic acids is 1. The molecule has 0 fully saturated rings. The summed E-state index contributed by atoms with van der Waals surface area (Å²) in [5, 5.41) is 11.7. The highest BCUT2D eigenvalue weighted by Gasteiger charge is 2.24. The lowest BCUT2D eigenvalue weighted by Crippen LogP contribution is -2.50. The third-order valence-electron chi connectivity index (χ3n) is 3.16. The van der Waals surface area contributed by atoms with Crippen LogP contribution in [0.3, 0.4) is 0 Å². The zero-order chi connectivity index (χ0) is 14.8. The summed E-state index contributed by atoms with van der Waals surface area (Å²) in [6.07, 6.45) is 1.80. The van der Waals surface area contributed by atoms with E-state index in [0.29, 0.717) is 26.0 Å². The average molecular weight is 274 g/mol. The van der Waals surface area contributed by atoms with Gasteiger partial charge in [0.2, 0.25) is 0 Å². The molecule has 0 saturated carbocycles. The second kappa shape index (κ2) is 9.61. The molecule has 0 aliphatic rings. The number of carbonyl (C=O) groups is 2. The highest BCUT2D eigenvalue weighted by atomic mass is 16.5. The molecule has 2 amide bonds. The minimum absolute atomic E-state index is 0.0958. The van der Waals surface area contributed by atoms with E-state index in [0.717, 1.165) is 6.42 Å². The number of hydrogen-bond acceptors (Lipinski definition) is 3. The zero-order valence-corrected chi connectivity index (χ0v) is 12.3. The molecule has 0 radical (unpaired) electrons. The van der Waals surface area contributed by atoms with Gasteiger partial charge in [0.15, 0.2) is 0 Å². The molecule has 0 saturated heterocycles. The number of carboxylic acid groups (broad SMARTS) is 1. The maximum atomic E-state index is 12.0. The van der Waals surface area contributed by atoms with Crippen molar-refractivity contribution in [1.82, 2.24) is 10.2 Å². The van der Waals surface area contributed by atoms with Crippen LogP contribution in [0.2, 0.25) is 0 Å². The van der Waals surface area contributed by atoms with Gasteiger partial charge in [-0.25, -0.2) is 9.59 Å². The van der Waals surface area contributed by atoms with Crippen LogP contribution in [0, 0.1) is 0 Å². The van der Waals surface area contributed by atoms with Gasteiger partial charge in [-0.15, -0.1) is 0 Å². The van der Waals surface area contributed by atoms with Crippen molar-refractivity contribution in [2.45, 2.75) is 52.1 Å². The smallest absolute Gasteiger partial charge is 0.326 e. The quantitative estimate of drug-likeness (QED) is 0.627. The van der Waals surface area contributed by atoms with E-state index < -0.39 is 12.0 Å². The van der Waals surface area contributed by atoms with Gasteiger partial charge in [-0.05, 0) is 33.1 Å². The summed E-state index contributed by atoms with van der Waals surface area (Å²) in [5.74, 6) is -1.01. The van der Waals surface area contributed by atoms with E-state index in [1.165, 1.54) is 0 Å². The van der Waals surface area contributed by atoms with Crippen molar-refractivity contribution < 1.29 is 19.4 Å². The lowest BCUT2D eigenvalue weighted by atomic mass is 10.1. The first-order valence-corrected chi connectivity index (χ1v) is 6.76. The van der Waals surface area contributed by atoms with Crippen LogP contribution in [0.5, 0.6) is 0 Å². The van der Waals surface area contributed by atoms with Crippen molar-refractivity contribution >= 4 is 12.0 Å². The van der Waals surface area contributed by atoms with Gasteiger partial charge in [0, 0.05) is 26.3 Å². The maximum absolute atomic E-state index is 12.0. The van der Waals surface area contributed by atoms with Crippen LogP contribution in [0.1, 0.15) is 40.0 Å². The minimum Gasteiger partial charge on any atom is -0.480 e. The van der Waals surface area contributed by atoms with Gasteiger partial charge < -0.3 is 20.1 Å². The topological polar surface area (TPSA) is 78.9 Å². The van der Waals surface area contributed by atoms with Crippen LogP contribution < -0.4 is 5.32 Å². The maximum Gasteiger partial charge on any atom is 0.326 e. The summed E-state index contributed by atoms with van der Waals surface area (Å²) in [6, 6.07) is -1.08. The van der Waals surface area contributed by atoms with E-state index in [4.69, 9.17) is 9.84 Å². The first-order valence-electron chi connectivity index (χ1n) is 6.76. The number of methoxy groups -OCH3 is 1. The summed E-state index contributed by atoms with van der Waals surface area (Å²) < 4.78 is 4.89. The molecule has 0 heterocycles. The first-order chi connectivity index (χ1) is 8.97. The average Bonchev–Trinajstić information content (AvgIpc) is 2.38. The normalized spacial score (nSPS) is 13.7. The molecule has 6 nitrogen and oxygen atoms in total. The van der Waals surface area contributed by atoms with E-state index in [1.807, 2.05) is 20.8 Å². The Morgan fingerprint density at radius 3 is 2.42 bits per heavy atom. The third kappa shape index (κ3) is 6.42. The second-order valence-corrected chi connectivity index (χ2v) is 4.52.